The lowest BCUT2D eigenvalue weighted by molar-refractivity contribution is -0.132. The van der Waals surface area contributed by atoms with E-state index in [1.54, 1.807) is 7.11 Å². The van der Waals surface area contributed by atoms with E-state index in [-0.39, 0.29) is 60.6 Å². The number of carbonyl (C=O) groups is 1. The number of nitrogens with zero attached hydrogens (tertiary/aromatic N) is 1. The summed E-state index contributed by atoms with van der Waals surface area (Å²) in [6.45, 7) is 6.82. The van der Waals surface area contributed by atoms with Crippen molar-refractivity contribution in [3.63, 3.8) is 0 Å². The second-order valence-electron chi connectivity index (χ2n) is 10.9. The van der Waals surface area contributed by atoms with E-state index in [0.29, 0.717) is 12.5 Å². The molecule has 2 bridgehead atoms. The number of rotatable bonds is 9. The van der Waals surface area contributed by atoms with Gasteiger partial charge in [0.25, 0.3) is 0 Å². The highest BCUT2D eigenvalue weighted by atomic mass is 35.5. The molecule has 3 N–H and O–H groups in total. The van der Waals surface area contributed by atoms with Crippen molar-refractivity contribution < 1.29 is 9.53 Å². The molecule has 3 aliphatic heterocycles. The number of fused-ring (bicyclic) bond motifs is 3. The maximum absolute atomic E-state index is 12.5. The van der Waals surface area contributed by atoms with Crippen molar-refractivity contribution in [3.8, 4) is 5.75 Å². The number of benzene rings is 3. The van der Waals surface area contributed by atoms with Crippen LogP contribution in [0.4, 0.5) is 0 Å². The van der Waals surface area contributed by atoms with E-state index in [2.05, 4.69) is 103 Å². The van der Waals surface area contributed by atoms with Crippen LogP contribution in [-0.4, -0.2) is 43.1 Å². The summed E-state index contributed by atoms with van der Waals surface area (Å²) < 4.78 is 5.73. The Morgan fingerprint density at radius 1 is 0.974 bits per heavy atom. The Morgan fingerprint density at radius 2 is 1.59 bits per heavy atom. The van der Waals surface area contributed by atoms with Crippen molar-refractivity contribution in [2.24, 2.45) is 17.6 Å². The van der Waals surface area contributed by atoms with Gasteiger partial charge in [-0.1, -0.05) is 86.6 Å². The highest BCUT2D eigenvalue weighted by molar-refractivity contribution is 5.85. The van der Waals surface area contributed by atoms with Gasteiger partial charge in [0, 0.05) is 36.7 Å². The molecule has 0 radical (unpaired) electrons. The highest BCUT2D eigenvalue weighted by Gasteiger charge is 2.51. The summed E-state index contributed by atoms with van der Waals surface area (Å²) in [6.07, 6.45) is 0.973. The van der Waals surface area contributed by atoms with Crippen LogP contribution in [-0.2, 0) is 11.3 Å². The lowest BCUT2D eigenvalue weighted by Gasteiger charge is -2.56. The largest absolute Gasteiger partial charge is 0.496 e. The first-order chi connectivity index (χ1) is 18.0. The van der Waals surface area contributed by atoms with E-state index in [4.69, 9.17) is 10.5 Å². The first-order valence-electron chi connectivity index (χ1n) is 13.5. The average molecular weight is 571 g/mol. The molecular weight excluding hydrogens is 529 g/mol. The first kappa shape index (κ1) is 31.0. The predicted octanol–water partition coefficient (Wildman–Crippen LogP) is 5.76. The highest BCUT2D eigenvalue weighted by Crippen LogP contribution is 2.44. The zero-order valence-electron chi connectivity index (χ0n) is 23.0. The van der Waals surface area contributed by atoms with Crippen molar-refractivity contribution in [2.75, 3.05) is 20.2 Å². The SMILES string of the molecule is COc1ccc(C(C)C)cc1CN[C@H]1[C@H]2CCN(C[C@@H]2C(N)=O)[C@@H]1C(c1ccccc1)c1ccccc1.Cl.Cl. The monoisotopic (exact) mass is 569 g/mol. The average Bonchev–Trinajstić information content (AvgIpc) is 2.93. The molecule has 3 heterocycles. The molecule has 210 valence electrons. The fraction of sp³-hybridized carbons (Fsp3) is 0.406. The summed E-state index contributed by atoms with van der Waals surface area (Å²) in [5, 5.41) is 3.94. The molecule has 3 saturated heterocycles. The quantitative estimate of drug-likeness (QED) is 0.344. The molecule has 0 spiro atoms. The molecule has 3 aromatic carbocycles. The number of amides is 1. The van der Waals surface area contributed by atoms with E-state index < -0.39 is 0 Å². The van der Waals surface area contributed by atoms with Gasteiger partial charge >= 0.3 is 0 Å². The third-order valence-corrected chi connectivity index (χ3v) is 8.47. The number of primary amides is 1. The van der Waals surface area contributed by atoms with Crippen molar-refractivity contribution in [3.05, 3.63) is 101 Å². The van der Waals surface area contributed by atoms with Crippen molar-refractivity contribution in [1.29, 1.82) is 0 Å². The van der Waals surface area contributed by atoms with Crippen LogP contribution in [0.25, 0.3) is 0 Å². The van der Waals surface area contributed by atoms with E-state index >= 15 is 0 Å². The molecule has 5 nitrogen and oxygen atoms in total. The number of carbonyl (C=O) groups excluding carboxylic acids is 1. The molecule has 0 saturated carbocycles. The summed E-state index contributed by atoms with van der Waals surface area (Å²) >= 11 is 0. The molecular formula is C32H41Cl2N3O2. The number of nitrogens with two attached hydrogens (primary N) is 1. The van der Waals surface area contributed by atoms with Crippen LogP contribution in [0.2, 0.25) is 0 Å². The van der Waals surface area contributed by atoms with Crippen LogP contribution in [0, 0.1) is 11.8 Å². The van der Waals surface area contributed by atoms with Crippen LogP contribution in [0.5, 0.6) is 5.75 Å². The normalized spacial score (nSPS) is 23.7. The van der Waals surface area contributed by atoms with Gasteiger partial charge in [0.1, 0.15) is 5.75 Å². The van der Waals surface area contributed by atoms with Gasteiger partial charge in [-0.05, 0) is 47.6 Å². The molecule has 5 atom stereocenters. The second kappa shape index (κ2) is 13.7. The van der Waals surface area contributed by atoms with Crippen molar-refractivity contribution >= 4 is 30.7 Å². The minimum absolute atomic E-state index is 0. The van der Waals surface area contributed by atoms with Gasteiger partial charge in [0.05, 0.1) is 13.0 Å². The van der Waals surface area contributed by atoms with Crippen molar-refractivity contribution in [2.45, 2.75) is 50.7 Å². The van der Waals surface area contributed by atoms with Gasteiger partial charge in [0.15, 0.2) is 0 Å². The zero-order valence-corrected chi connectivity index (χ0v) is 24.6. The standard InChI is InChI=1S/C32H39N3O2.2ClH/c1-21(2)24-14-15-28(37-3)25(18-24)19-34-30-26-16-17-35(20-27(26)32(33)36)31(30)29(22-10-6-4-7-11-22)23-12-8-5-9-13-23;;/h4-15,18,21,26-27,29-31,34H,16-17,19-20H2,1-3H3,(H2,33,36);2*1H/t26-,27-,30-,31+;;/m0../s1. The second-order valence-corrected chi connectivity index (χ2v) is 10.9. The minimum Gasteiger partial charge on any atom is -0.496 e. The number of ether oxygens (including phenoxy) is 1. The Morgan fingerprint density at radius 3 is 2.13 bits per heavy atom. The van der Waals surface area contributed by atoms with Gasteiger partial charge in [-0.15, -0.1) is 24.8 Å². The first-order valence-corrected chi connectivity index (χ1v) is 13.5. The molecule has 6 rings (SSSR count). The molecule has 3 aliphatic rings. The lowest BCUT2D eigenvalue weighted by Crippen LogP contribution is -2.68. The lowest BCUT2D eigenvalue weighted by atomic mass is 9.66. The molecule has 0 aromatic heterocycles. The summed E-state index contributed by atoms with van der Waals surface area (Å²) in [5.41, 5.74) is 11.0. The van der Waals surface area contributed by atoms with E-state index in [9.17, 15) is 4.79 Å². The van der Waals surface area contributed by atoms with Gasteiger partial charge < -0.3 is 15.8 Å². The van der Waals surface area contributed by atoms with Gasteiger partial charge in [-0.25, -0.2) is 0 Å². The summed E-state index contributed by atoms with van der Waals surface area (Å²) in [7, 11) is 1.73. The molecule has 3 aromatic rings. The maximum Gasteiger partial charge on any atom is 0.222 e. The van der Waals surface area contributed by atoms with Crippen molar-refractivity contribution in [1.82, 2.24) is 10.2 Å². The van der Waals surface area contributed by atoms with E-state index in [0.717, 1.165) is 30.8 Å². The number of hydrogen-bond donors (Lipinski definition) is 2. The van der Waals surface area contributed by atoms with Crippen LogP contribution < -0.4 is 15.8 Å². The Hall–Kier alpha value is -2.57. The number of nitrogens with one attached hydrogen (secondary N) is 1. The fourth-order valence-electron chi connectivity index (χ4n) is 6.60. The third-order valence-electron chi connectivity index (χ3n) is 8.47. The Labute approximate surface area is 245 Å². The zero-order chi connectivity index (χ0) is 25.9. The Bertz CT molecular complexity index is 1170. The third kappa shape index (κ3) is 6.44. The predicted molar refractivity (Wildman–Crippen MR) is 163 cm³/mol. The number of hydrogen-bond acceptors (Lipinski definition) is 4. The minimum atomic E-state index is -0.185. The fourth-order valence-corrected chi connectivity index (χ4v) is 6.60. The summed E-state index contributed by atoms with van der Waals surface area (Å²) in [4.78, 5) is 15.1. The van der Waals surface area contributed by atoms with Gasteiger partial charge in [-0.2, -0.15) is 0 Å². The summed E-state index contributed by atoms with van der Waals surface area (Å²) in [6, 6.07) is 28.4. The molecule has 39 heavy (non-hydrogen) atoms. The topological polar surface area (TPSA) is 67.6 Å². The molecule has 7 heteroatoms. The van der Waals surface area contributed by atoms with Gasteiger partial charge in [0.2, 0.25) is 5.91 Å². The van der Waals surface area contributed by atoms with E-state index in [1.165, 1.54) is 16.7 Å². The number of methoxy groups -OCH3 is 1. The molecule has 3 fully saturated rings. The molecule has 0 aliphatic carbocycles. The van der Waals surface area contributed by atoms with Gasteiger partial charge in [-0.3, -0.25) is 9.69 Å². The number of halogens is 2. The number of piperidine rings is 3. The molecule has 1 amide bonds. The summed E-state index contributed by atoms with van der Waals surface area (Å²) in [5.74, 6) is 1.38. The van der Waals surface area contributed by atoms with E-state index in [1.807, 2.05) is 0 Å². The smallest absolute Gasteiger partial charge is 0.222 e. The Kier molecular flexibility index (Phi) is 10.9. The van der Waals surface area contributed by atoms with Crippen LogP contribution in [0.15, 0.2) is 78.9 Å². The Balaban J connectivity index is 0.00000210. The van der Waals surface area contributed by atoms with Crippen LogP contribution in [0.1, 0.15) is 54.4 Å². The molecule has 1 unspecified atom stereocenters. The maximum atomic E-state index is 12.5. The van der Waals surface area contributed by atoms with Crippen LogP contribution in [0.3, 0.4) is 0 Å². The van der Waals surface area contributed by atoms with Crippen LogP contribution >= 0.6 is 24.8 Å².